The Hall–Kier alpha value is -2.18. The van der Waals surface area contributed by atoms with Gasteiger partial charge in [-0.05, 0) is 38.8 Å². The van der Waals surface area contributed by atoms with Crippen LogP contribution in [0, 0.1) is 13.8 Å². The van der Waals surface area contributed by atoms with Gasteiger partial charge in [-0.15, -0.1) is 0 Å². The van der Waals surface area contributed by atoms with Crippen molar-refractivity contribution in [2.24, 2.45) is 0 Å². The Morgan fingerprint density at radius 3 is 2.39 bits per heavy atom. The number of hydrogen-bond acceptors (Lipinski definition) is 1. The largest absolute Gasteiger partial charge is 0.934 e. The second kappa shape index (κ2) is 6.52. The molecule has 0 saturated carbocycles. The first-order valence-electron chi connectivity index (χ1n) is 7.43. The summed E-state index contributed by atoms with van der Waals surface area (Å²) in [7, 11) is -2.67. The van der Waals surface area contributed by atoms with Crippen LogP contribution in [0.4, 0.5) is 8.63 Å². The molecule has 0 atom stereocenters. The maximum Gasteiger partial charge on any atom is 0.934 e. The third-order valence-electron chi connectivity index (χ3n) is 3.94. The van der Waals surface area contributed by atoms with Crippen LogP contribution in [0.1, 0.15) is 43.6 Å². The predicted molar refractivity (Wildman–Crippen MR) is 86.7 cm³/mol. The highest BCUT2D eigenvalue weighted by molar-refractivity contribution is 6.35. The van der Waals surface area contributed by atoms with Crippen molar-refractivity contribution in [1.29, 1.82) is 0 Å². The molecule has 2 N–H and O–H groups in total. The van der Waals surface area contributed by atoms with Crippen LogP contribution in [0.3, 0.4) is 0 Å². The molecule has 0 saturated heterocycles. The summed E-state index contributed by atoms with van der Waals surface area (Å²) in [6.45, 7) is 7.17. The molecule has 1 aromatic heterocycles. The quantitative estimate of drug-likeness (QED) is 0.815. The third kappa shape index (κ3) is 3.43. The summed E-state index contributed by atoms with van der Waals surface area (Å²) in [6.07, 6.45) is 1.78. The first kappa shape index (κ1) is 17.2. The zero-order valence-electron chi connectivity index (χ0n) is 13.7. The van der Waals surface area contributed by atoms with Gasteiger partial charge in [-0.1, -0.05) is 0 Å². The second-order valence-electron chi connectivity index (χ2n) is 5.85. The smallest absolute Gasteiger partial charge is 0.481 e. The summed E-state index contributed by atoms with van der Waals surface area (Å²) in [5.74, 6) is -0.951. The van der Waals surface area contributed by atoms with E-state index < -0.39 is 13.4 Å². The number of carboxylic acids is 1. The first-order chi connectivity index (χ1) is 10.7. The van der Waals surface area contributed by atoms with E-state index in [1.807, 2.05) is 19.9 Å². The van der Waals surface area contributed by atoms with Crippen molar-refractivity contribution in [3.05, 3.63) is 40.4 Å². The molecule has 0 fully saturated rings. The van der Waals surface area contributed by atoms with E-state index in [1.54, 1.807) is 19.9 Å². The number of allylic oxidation sites excluding steroid dienone is 3. The normalized spacial score (nSPS) is 16.7. The van der Waals surface area contributed by atoms with Gasteiger partial charge >= 0.3 is 13.4 Å². The van der Waals surface area contributed by atoms with Crippen LogP contribution < -0.4 is 0 Å². The molecule has 1 aliphatic rings. The lowest BCUT2D eigenvalue weighted by molar-refractivity contribution is -0.343. The Bertz CT molecular complexity index is 745. The van der Waals surface area contributed by atoms with Crippen LogP contribution >= 0.6 is 0 Å². The highest BCUT2D eigenvalue weighted by Crippen LogP contribution is 2.33. The molecule has 23 heavy (non-hydrogen) atoms. The molecule has 0 spiro atoms. The number of aliphatic carboxylic acids is 1. The molecule has 4 nitrogen and oxygen atoms in total. The molecule has 0 radical (unpaired) electrons. The number of rotatable bonds is 5. The minimum atomic E-state index is -2.67. The number of nitrogens with one attached hydrogen (secondary N) is 1. The number of aromatic amines is 1. The molecule has 1 aliphatic heterocycles. The van der Waals surface area contributed by atoms with Crippen molar-refractivity contribution in [2.45, 2.75) is 40.5 Å². The van der Waals surface area contributed by atoms with E-state index >= 15 is 0 Å². The molecule has 0 bridgehead atoms. The molecular formula is C16H20BF2N2O2+. The maximum atomic E-state index is 13.5. The van der Waals surface area contributed by atoms with Crippen molar-refractivity contribution >= 4 is 24.7 Å². The van der Waals surface area contributed by atoms with E-state index in [-0.39, 0.29) is 12.8 Å². The lowest BCUT2D eigenvalue weighted by Crippen LogP contribution is -2.25. The molecule has 0 amide bonds. The molecule has 0 aliphatic carbocycles. The van der Waals surface area contributed by atoms with Gasteiger partial charge in [-0.25, -0.2) is 13.1 Å². The average Bonchev–Trinajstić information content (AvgIpc) is 2.89. The second-order valence-corrected chi connectivity index (χ2v) is 5.85. The number of nitrogens with zero attached hydrogens (tertiary/aromatic N) is 1. The molecule has 2 heterocycles. The monoisotopic (exact) mass is 321 g/mol. The molecule has 122 valence electrons. The van der Waals surface area contributed by atoms with Crippen LogP contribution in [0.5, 0.6) is 0 Å². The highest BCUT2D eigenvalue weighted by Gasteiger charge is 2.44. The van der Waals surface area contributed by atoms with Gasteiger partial charge in [0.1, 0.15) is 0 Å². The van der Waals surface area contributed by atoms with Crippen LogP contribution in [0.2, 0.25) is 0 Å². The summed E-state index contributed by atoms with van der Waals surface area (Å²) in [4.78, 5) is 14.2. The topological polar surface area (TPSA) is 56.1 Å². The molecule has 2 rings (SSSR count). The van der Waals surface area contributed by atoms with Gasteiger partial charge in [0.2, 0.25) is 0 Å². The lowest BCUT2D eigenvalue weighted by atomic mass is 9.97. The van der Waals surface area contributed by atoms with E-state index in [1.165, 1.54) is 0 Å². The number of hydrogen-bond donors (Lipinski definition) is 2. The Balaban J connectivity index is 2.67. The maximum absolute atomic E-state index is 13.5. The van der Waals surface area contributed by atoms with Crippen LogP contribution in [0.25, 0.3) is 5.57 Å². The number of carboxylic acid groups (broad SMARTS) is 1. The zero-order valence-corrected chi connectivity index (χ0v) is 13.7. The molecular weight excluding hydrogens is 301 g/mol. The van der Waals surface area contributed by atoms with E-state index in [0.717, 1.165) is 27.0 Å². The number of halogens is 2. The fourth-order valence-electron chi connectivity index (χ4n) is 3.09. The fraction of sp³-hybridized carbons (Fsp3) is 0.375. The van der Waals surface area contributed by atoms with E-state index in [0.29, 0.717) is 17.0 Å². The van der Waals surface area contributed by atoms with Crippen molar-refractivity contribution in [3.63, 3.8) is 0 Å². The minimum absolute atomic E-state index is 0.111. The van der Waals surface area contributed by atoms with Gasteiger partial charge < -0.3 is 10.1 Å². The SMILES string of the molecule is CC1=CC(C)=[N+](B(F)F)/C1=C(/CCC(=O)O)c1[nH]c(C)cc1C. The standard InChI is InChI=1S/C16H19BF2N2O2/c1-9-7-11(3)20-15(9)13(5-6-14(22)23)16-10(2)8-12(4)21(16)17(18)19/h7-8H,5-6H2,1-4H3,(H,22,23)/p+1. The Morgan fingerprint density at radius 1 is 1.26 bits per heavy atom. The van der Waals surface area contributed by atoms with Crippen molar-refractivity contribution < 1.29 is 23.0 Å². The summed E-state index contributed by atoms with van der Waals surface area (Å²) in [6, 6.07) is 1.92. The van der Waals surface area contributed by atoms with Gasteiger partial charge in [0.15, 0.2) is 11.4 Å². The number of aryl methyl sites for hydroxylation is 2. The Labute approximate surface area is 134 Å². The van der Waals surface area contributed by atoms with Gasteiger partial charge in [-0.3, -0.25) is 4.79 Å². The van der Waals surface area contributed by atoms with Gasteiger partial charge in [0.25, 0.3) is 0 Å². The van der Waals surface area contributed by atoms with Gasteiger partial charge in [-0.2, -0.15) is 0 Å². The fourth-order valence-corrected chi connectivity index (χ4v) is 3.09. The molecule has 0 unspecified atom stereocenters. The Morgan fingerprint density at radius 2 is 1.91 bits per heavy atom. The number of carbonyl (C=O) groups is 1. The van der Waals surface area contributed by atoms with Crippen LogP contribution in [-0.2, 0) is 4.79 Å². The summed E-state index contributed by atoms with van der Waals surface area (Å²) >= 11 is 0. The van der Waals surface area contributed by atoms with Gasteiger partial charge in [0.05, 0.1) is 5.69 Å². The Kier molecular flexibility index (Phi) is 4.87. The van der Waals surface area contributed by atoms with Crippen molar-refractivity contribution in [3.8, 4) is 0 Å². The molecule has 7 heteroatoms. The van der Waals surface area contributed by atoms with Crippen LogP contribution in [-0.4, -0.2) is 33.7 Å². The summed E-state index contributed by atoms with van der Waals surface area (Å²) in [5, 5.41) is 9.01. The first-order valence-corrected chi connectivity index (χ1v) is 7.43. The molecule has 0 aromatic carbocycles. The van der Waals surface area contributed by atoms with Crippen LogP contribution in [0.15, 0.2) is 23.4 Å². The predicted octanol–water partition coefficient (Wildman–Crippen LogP) is 3.56. The number of aromatic nitrogens is 1. The van der Waals surface area contributed by atoms with Gasteiger partial charge in [0, 0.05) is 36.3 Å². The average molecular weight is 321 g/mol. The molecule has 1 aromatic rings. The highest BCUT2D eigenvalue weighted by atomic mass is 19.2. The number of H-pyrrole nitrogens is 1. The minimum Gasteiger partial charge on any atom is -0.481 e. The zero-order chi connectivity index (χ0) is 17.3. The van der Waals surface area contributed by atoms with Crippen molar-refractivity contribution in [1.82, 2.24) is 4.98 Å². The van der Waals surface area contributed by atoms with E-state index in [9.17, 15) is 13.4 Å². The van der Waals surface area contributed by atoms with Crippen molar-refractivity contribution in [2.75, 3.05) is 0 Å². The van der Waals surface area contributed by atoms with E-state index in [4.69, 9.17) is 5.11 Å². The van der Waals surface area contributed by atoms with E-state index in [2.05, 4.69) is 4.98 Å². The summed E-state index contributed by atoms with van der Waals surface area (Å²) in [5.41, 5.74) is 4.76. The summed E-state index contributed by atoms with van der Waals surface area (Å²) < 4.78 is 28.0. The lowest BCUT2D eigenvalue weighted by Gasteiger charge is -2.11. The third-order valence-corrected chi connectivity index (χ3v) is 3.94.